The van der Waals surface area contributed by atoms with E-state index in [1.807, 2.05) is 0 Å². The van der Waals surface area contributed by atoms with Gasteiger partial charge in [0.05, 0.1) is 0 Å². The predicted octanol–water partition coefficient (Wildman–Crippen LogP) is 2.57. The largest absolute Gasteiger partial charge is 0.299 e. The molecule has 0 N–H and O–H groups in total. The highest BCUT2D eigenvalue weighted by molar-refractivity contribution is 5.84. The normalized spacial score (nSPS) is 46.3. The Morgan fingerprint density at radius 2 is 2.33 bits per heavy atom. The summed E-state index contributed by atoms with van der Waals surface area (Å²) < 4.78 is 0. The number of hydrogen-bond acceptors (Lipinski definition) is 1. The first-order chi connectivity index (χ1) is 5.64. The first-order valence-corrected chi connectivity index (χ1v) is 4.84. The molecule has 0 aromatic heterocycles. The molecule has 1 fully saturated rings. The second-order valence-corrected chi connectivity index (χ2v) is 4.47. The standard InChI is InChI=1S/C11H16O/c1-8-10(12)7-9-5-3-4-6-11(8,9)2/h3,5,8-9H,4,6-7H2,1-2H3/t8-,9?,11+/m0/s1. The van der Waals surface area contributed by atoms with Gasteiger partial charge in [-0.05, 0) is 24.2 Å². The molecule has 3 atom stereocenters. The molecule has 1 nitrogen and oxygen atoms in total. The van der Waals surface area contributed by atoms with Gasteiger partial charge in [0.1, 0.15) is 5.78 Å². The van der Waals surface area contributed by atoms with E-state index in [0.717, 1.165) is 12.8 Å². The van der Waals surface area contributed by atoms with Gasteiger partial charge in [0.25, 0.3) is 0 Å². The van der Waals surface area contributed by atoms with Crippen LogP contribution in [0.4, 0.5) is 0 Å². The average Bonchev–Trinajstić information content (AvgIpc) is 2.28. The Morgan fingerprint density at radius 1 is 1.58 bits per heavy atom. The van der Waals surface area contributed by atoms with Crippen molar-refractivity contribution in [2.45, 2.75) is 33.1 Å². The van der Waals surface area contributed by atoms with Crippen molar-refractivity contribution >= 4 is 5.78 Å². The van der Waals surface area contributed by atoms with E-state index in [9.17, 15) is 4.79 Å². The number of carbonyl (C=O) groups is 1. The van der Waals surface area contributed by atoms with Crippen molar-refractivity contribution in [2.24, 2.45) is 17.3 Å². The summed E-state index contributed by atoms with van der Waals surface area (Å²) in [5.74, 6) is 1.29. The fraction of sp³-hybridized carbons (Fsp3) is 0.727. The van der Waals surface area contributed by atoms with E-state index in [0.29, 0.717) is 11.7 Å². The lowest BCUT2D eigenvalue weighted by Gasteiger charge is -2.35. The summed E-state index contributed by atoms with van der Waals surface area (Å²) in [6.45, 7) is 4.37. The molecule has 2 aliphatic rings. The zero-order valence-electron chi connectivity index (χ0n) is 7.84. The van der Waals surface area contributed by atoms with E-state index in [4.69, 9.17) is 0 Å². The molecule has 1 saturated carbocycles. The maximum atomic E-state index is 11.5. The molecule has 0 amide bonds. The molecule has 0 bridgehead atoms. The summed E-state index contributed by atoms with van der Waals surface area (Å²) in [5, 5.41) is 0. The number of fused-ring (bicyclic) bond motifs is 1. The van der Waals surface area contributed by atoms with Crippen LogP contribution < -0.4 is 0 Å². The minimum Gasteiger partial charge on any atom is -0.299 e. The van der Waals surface area contributed by atoms with Crippen LogP contribution in [0, 0.1) is 17.3 Å². The number of ketones is 1. The summed E-state index contributed by atoms with van der Waals surface area (Å²) in [6, 6.07) is 0. The molecule has 2 aliphatic carbocycles. The fourth-order valence-electron chi connectivity index (χ4n) is 2.66. The van der Waals surface area contributed by atoms with Crippen LogP contribution in [0.3, 0.4) is 0 Å². The smallest absolute Gasteiger partial charge is 0.136 e. The Bertz CT molecular complexity index is 241. The molecular weight excluding hydrogens is 148 g/mol. The number of Topliss-reactive ketones (excluding diaryl/α,β-unsaturated/α-hetero) is 1. The van der Waals surface area contributed by atoms with Crippen molar-refractivity contribution < 1.29 is 4.79 Å². The van der Waals surface area contributed by atoms with Gasteiger partial charge in [-0.2, -0.15) is 0 Å². The zero-order valence-corrected chi connectivity index (χ0v) is 7.84. The van der Waals surface area contributed by atoms with Crippen LogP contribution in [0.5, 0.6) is 0 Å². The topological polar surface area (TPSA) is 17.1 Å². The molecule has 1 unspecified atom stereocenters. The van der Waals surface area contributed by atoms with Crippen molar-refractivity contribution in [1.29, 1.82) is 0 Å². The Labute approximate surface area is 73.8 Å². The molecule has 2 rings (SSSR count). The molecule has 12 heavy (non-hydrogen) atoms. The van der Waals surface area contributed by atoms with E-state index in [2.05, 4.69) is 26.0 Å². The quantitative estimate of drug-likeness (QED) is 0.503. The molecule has 1 heteroatoms. The number of rotatable bonds is 0. The van der Waals surface area contributed by atoms with Crippen LogP contribution in [0.25, 0.3) is 0 Å². The Hall–Kier alpha value is -0.590. The average molecular weight is 164 g/mol. The molecule has 0 aromatic rings. The van der Waals surface area contributed by atoms with Crippen LogP contribution in [0.15, 0.2) is 12.2 Å². The second kappa shape index (κ2) is 2.45. The highest BCUT2D eigenvalue weighted by atomic mass is 16.1. The van der Waals surface area contributed by atoms with Gasteiger partial charge in [0, 0.05) is 12.3 Å². The summed E-state index contributed by atoms with van der Waals surface area (Å²) in [4.78, 5) is 11.5. The number of carbonyl (C=O) groups excluding carboxylic acids is 1. The lowest BCUT2D eigenvalue weighted by Crippen LogP contribution is -2.29. The Kier molecular flexibility index (Phi) is 1.64. The molecule has 0 aliphatic heterocycles. The van der Waals surface area contributed by atoms with Crippen molar-refractivity contribution in [3.63, 3.8) is 0 Å². The Morgan fingerprint density at radius 3 is 3.00 bits per heavy atom. The maximum Gasteiger partial charge on any atom is 0.136 e. The molecule has 66 valence electrons. The van der Waals surface area contributed by atoms with E-state index < -0.39 is 0 Å². The highest BCUT2D eigenvalue weighted by Crippen LogP contribution is 2.51. The third kappa shape index (κ3) is 0.886. The number of allylic oxidation sites excluding steroid dienone is 2. The molecule has 0 spiro atoms. The van der Waals surface area contributed by atoms with Crippen LogP contribution in [0.2, 0.25) is 0 Å². The summed E-state index contributed by atoms with van der Waals surface area (Å²) in [5.41, 5.74) is 0.284. The first-order valence-electron chi connectivity index (χ1n) is 4.84. The van der Waals surface area contributed by atoms with Crippen LogP contribution in [-0.4, -0.2) is 5.78 Å². The lowest BCUT2D eigenvalue weighted by atomic mass is 9.69. The van der Waals surface area contributed by atoms with Gasteiger partial charge < -0.3 is 0 Å². The van der Waals surface area contributed by atoms with Gasteiger partial charge in [-0.3, -0.25) is 4.79 Å². The third-order valence-corrected chi connectivity index (χ3v) is 3.96. The summed E-state index contributed by atoms with van der Waals surface area (Å²) in [7, 11) is 0. The monoisotopic (exact) mass is 164 g/mol. The zero-order chi connectivity index (χ0) is 8.77. The van der Waals surface area contributed by atoms with Gasteiger partial charge in [-0.25, -0.2) is 0 Å². The molecule has 0 heterocycles. The Balaban J connectivity index is 2.34. The van der Waals surface area contributed by atoms with Gasteiger partial charge in [0.15, 0.2) is 0 Å². The SMILES string of the molecule is C[C@H]1C(=O)CC2C=CCC[C@@]21C. The lowest BCUT2D eigenvalue weighted by molar-refractivity contribution is -0.121. The second-order valence-electron chi connectivity index (χ2n) is 4.47. The van der Waals surface area contributed by atoms with Crippen LogP contribution >= 0.6 is 0 Å². The van der Waals surface area contributed by atoms with E-state index >= 15 is 0 Å². The minimum absolute atomic E-state index is 0.284. The first kappa shape index (κ1) is 8.03. The van der Waals surface area contributed by atoms with Crippen LogP contribution in [-0.2, 0) is 4.79 Å². The van der Waals surface area contributed by atoms with Crippen molar-refractivity contribution in [3.8, 4) is 0 Å². The summed E-state index contributed by atoms with van der Waals surface area (Å²) >= 11 is 0. The van der Waals surface area contributed by atoms with Gasteiger partial charge in [-0.1, -0.05) is 26.0 Å². The van der Waals surface area contributed by atoms with E-state index in [1.54, 1.807) is 0 Å². The predicted molar refractivity (Wildman–Crippen MR) is 48.8 cm³/mol. The molecule has 0 radical (unpaired) electrons. The molecule has 0 aromatic carbocycles. The fourth-order valence-corrected chi connectivity index (χ4v) is 2.66. The van der Waals surface area contributed by atoms with E-state index in [-0.39, 0.29) is 11.3 Å². The third-order valence-electron chi connectivity index (χ3n) is 3.96. The van der Waals surface area contributed by atoms with Gasteiger partial charge in [-0.15, -0.1) is 0 Å². The van der Waals surface area contributed by atoms with Crippen molar-refractivity contribution in [2.75, 3.05) is 0 Å². The summed E-state index contributed by atoms with van der Waals surface area (Å²) in [6.07, 6.45) is 7.63. The van der Waals surface area contributed by atoms with Gasteiger partial charge >= 0.3 is 0 Å². The van der Waals surface area contributed by atoms with E-state index in [1.165, 1.54) is 6.42 Å². The number of hydrogen-bond donors (Lipinski definition) is 0. The maximum absolute atomic E-state index is 11.5. The highest BCUT2D eigenvalue weighted by Gasteiger charge is 2.48. The van der Waals surface area contributed by atoms with Crippen LogP contribution in [0.1, 0.15) is 33.1 Å². The molecular formula is C11H16O. The van der Waals surface area contributed by atoms with Gasteiger partial charge in [0.2, 0.25) is 0 Å². The molecule has 0 saturated heterocycles. The minimum atomic E-state index is 0.284. The van der Waals surface area contributed by atoms with Crippen molar-refractivity contribution in [1.82, 2.24) is 0 Å². The van der Waals surface area contributed by atoms with Crippen molar-refractivity contribution in [3.05, 3.63) is 12.2 Å².